The normalized spacial score (nSPS) is 16.1. The SMILES string of the molecule is CCCC(C(=O)N(Cc1ccco1)C1CC1)C(N)=S. The summed E-state index contributed by atoms with van der Waals surface area (Å²) in [6.07, 6.45) is 5.36. The van der Waals surface area contributed by atoms with E-state index in [9.17, 15) is 4.79 Å². The van der Waals surface area contributed by atoms with Gasteiger partial charge in [-0.15, -0.1) is 0 Å². The molecule has 1 atom stereocenters. The molecular weight excluding hydrogens is 260 g/mol. The molecule has 0 radical (unpaired) electrons. The lowest BCUT2D eigenvalue weighted by Crippen LogP contribution is -2.42. The predicted molar refractivity (Wildman–Crippen MR) is 77.5 cm³/mol. The van der Waals surface area contributed by atoms with E-state index in [1.165, 1.54) is 0 Å². The number of furan rings is 1. The van der Waals surface area contributed by atoms with Crippen LogP contribution in [0, 0.1) is 5.92 Å². The largest absolute Gasteiger partial charge is 0.467 e. The van der Waals surface area contributed by atoms with Crippen LogP contribution in [-0.2, 0) is 11.3 Å². The predicted octanol–water partition coefficient (Wildman–Crippen LogP) is 2.47. The van der Waals surface area contributed by atoms with Gasteiger partial charge in [-0.2, -0.15) is 0 Å². The van der Waals surface area contributed by atoms with Gasteiger partial charge >= 0.3 is 0 Å². The molecule has 1 amide bonds. The molecule has 1 fully saturated rings. The molecular formula is C14H20N2O2S. The number of carbonyl (C=O) groups is 1. The highest BCUT2D eigenvalue weighted by atomic mass is 32.1. The minimum Gasteiger partial charge on any atom is -0.467 e. The van der Waals surface area contributed by atoms with E-state index in [-0.39, 0.29) is 11.8 Å². The standard InChI is InChI=1S/C14H20N2O2S/c1-2-4-12(13(15)19)14(17)16(10-6-7-10)9-11-5-3-8-18-11/h3,5,8,10,12H,2,4,6-7,9H2,1H3,(H2,15,19). The van der Waals surface area contributed by atoms with Gasteiger partial charge < -0.3 is 15.1 Å². The van der Waals surface area contributed by atoms with Crippen LogP contribution in [-0.4, -0.2) is 21.8 Å². The highest BCUT2D eigenvalue weighted by Crippen LogP contribution is 2.30. The van der Waals surface area contributed by atoms with Crippen molar-refractivity contribution in [1.29, 1.82) is 0 Å². The van der Waals surface area contributed by atoms with Crippen molar-refractivity contribution in [3.8, 4) is 0 Å². The van der Waals surface area contributed by atoms with Gasteiger partial charge in [0.1, 0.15) is 5.76 Å². The average Bonchev–Trinajstić information content (AvgIpc) is 3.09. The lowest BCUT2D eigenvalue weighted by Gasteiger charge is -2.26. The van der Waals surface area contributed by atoms with Gasteiger partial charge in [0.25, 0.3) is 0 Å². The summed E-state index contributed by atoms with van der Waals surface area (Å²) in [5, 5.41) is 0. The molecule has 1 aromatic heterocycles. The second-order valence-electron chi connectivity index (χ2n) is 5.02. The van der Waals surface area contributed by atoms with Crippen molar-refractivity contribution in [3.05, 3.63) is 24.2 Å². The van der Waals surface area contributed by atoms with E-state index in [4.69, 9.17) is 22.4 Å². The number of nitrogens with zero attached hydrogens (tertiary/aromatic N) is 1. The molecule has 0 bridgehead atoms. The monoisotopic (exact) mass is 280 g/mol. The van der Waals surface area contributed by atoms with Crippen LogP contribution >= 0.6 is 12.2 Å². The van der Waals surface area contributed by atoms with Gasteiger partial charge in [-0.3, -0.25) is 4.79 Å². The summed E-state index contributed by atoms with van der Waals surface area (Å²) < 4.78 is 5.33. The lowest BCUT2D eigenvalue weighted by molar-refractivity contribution is -0.135. The van der Waals surface area contributed by atoms with Crippen LogP contribution in [0.25, 0.3) is 0 Å². The van der Waals surface area contributed by atoms with Crippen LogP contribution in [0.15, 0.2) is 22.8 Å². The first kappa shape index (κ1) is 14.1. The van der Waals surface area contributed by atoms with E-state index >= 15 is 0 Å². The van der Waals surface area contributed by atoms with Crippen LogP contribution in [0.2, 0.25) is 0 Å². The van der Waals surface area contributed by atoms with Crippen molar-refractivity contribution in [2.45, 2.75) is 45.2 Å². The molecule has 1 aromatic rings. The fourth-order valence-corrected chi connectivity index (χ4v) is 2.44. The molecule has 5 heteroatoms. The third kappa shape index (κ3) is 3.56. The summed E-state index contributed by atoms with van der Waals surface area (Å²) in [5.74, 6) is 0.516. The van der Waals surface area contributed by atoms with Gasteiger partial charge in [0.05, 0.1) is 23.7 Å². The Morgan fingerprint density at radius 1 is 1.63 bits per heavy atom. The van der Waals surface area contributed by atoms with E-state index in [0.717, 1.165) is 31.4 Å². The van der Waals surface area contributed by atoms with E-state index < -0.39 is 0 Å². The Bertz CT molecular complexity index is 440. The quantitative estimate of drug-likeness (QED) is 0.779. The van der Waals surface area contributed by atoms with E-state index in [2.05, 4.69) is 0 Å². The molecule has 2 rings (SSSR count). The molecule has 104 valence electrons. The topological polar surface area (TPSA) is 59.5 Å². The molecule has 0 saturated heterocycles. The first-order chi connectivity index (χ1) is 9.13. The third-order valence-corrected chi connectivity index (χ3v) is 3.68. The molecule has 1 aliphatic rings. The van der Waals surface area contributed by atoms with Crippen molar-refractivity contribution in [2.24, 2.45) is 11.7 Å². The summed E-state index contributed by atoms with van der Waals surface area (Å²) in [4.78, 5) is 14.8. The van der Waals surface area contributed by atoms with Crippen molar-refractivity contribution in [3.63, 3.8) is 0 Å². The Kier molecular flexibility index (Phi) is 4.58. The lowest BCUT2D eigenvalue weighted by atomic mass is 10.0. The number of amides is 1. The van der Waals surface area contributed by atoms with Gasteiger partial charge in [0, 0.05) is 6.04 Å². The van der Waals surface area contributed by atoms with E-state index in [1.54, 1.807) is 6.26 Å². The fraction of sp³-hybridized carbons (Fsp3) is 0.571. The summed E-state index contributed by atoms with van der Waals surface area (Å²) >= 11 is 5.04. The minimum absolute atomic E-state index is 0.0493. The second-order valence-corrected chi connectivity index (χ2v) is 5.49. The maximum atomic E-state index is 12.6. The zero-order valence-electron chi connectivity index (χ0n) is 11.2. The minimum atomic E-state index is -0.337. The Labute approximate surface area is 118 Å². The molecule has 2 N–H and O–H groups in total. The summed E-state index contributed by atoms with van der Waals surface area (Å²) in [6.45, 7) is 2.55. The number of rotatable bonds is 7. The van der Waals surface area contributed by atoms with Crippen molar-refractivity contribution in [2.75, 3.05) is 0 Å². The molecule has 1 heterocycles. The fourth-order valence-electron chi connectivity index (χ4n) is 2.22. The highest BCUT2D eigenvalue weighted by molar-refractivity contribution is 7.80. The number of hydrogen-bond donors (Lipinski definition) is 1. The first-order valence-electron chi connectivity index (χ1n) is 6.75. The maximum absolute atomic E-state index is 12.6. The van der Waals surface area contributed by atoms with E-state index in [1.807, 2.05) is 24.0 Å². The van der Waals surface area contributed by atoms with Gasteiger partial charge in [-0.25, -0.2) is 0 Å². The number of hydrogen-bond acceptors (Lipinski definition) is 3. The summed E-state index contributed by atoms with van der Waals surface area (Å²) in [6, 6.07) is 4.05. The van der Waals surface area contributed by atoms with Gasteiger partial charge in [0.15, 0.2) is 0 Å². The number of nitrogens with two attached hydrogens (primary N) is 1. The highest BCUT2D eigenvalue weighted by Gasteiger charge is 2.36. The summed E-state index contributed by atoms with van der Waals surface area (Å²) in [7, 11) is 0. The molecule has 1 aliphatic carbocycles. The average molecular weight is 280 g/mol. The van der Waals surface area contributed by atoms with Gasteiger partial charge in [-0.05, 0) is 31.4 Å². The Morgan fingerprint density at radius 3 is 2.84 bits per heavy atom. The molecule has 1 saturated carbocycles. The molecule has 1 unspecified atom stereocenters. The Hall–Kier alpha value is -1.36. The smallest absolute Gasteiger partial charge is 0.233 e. The Balaban J connectivity index is 2.09. The van der Waals surface area contributed by atoms with Crippen LogP contribution in [0.4, 0.5) is 0 Å². The molecule has 0 spiro atoms. The van der Waals surface area contributed by atoms with Crippen molar-refractivity contribution in [1.82, 2.24) is 4.90 Å². The molecule has 19 heavy (non-hydrogen) atoms. The van der Waals surface area contributed by atoms with Crippen molar-refractivity contribution >= 4 is 23.1 Å². The van der Waals surface area contributed by atoms with Crippen LogP contribution in [0.3, 0.4) is 0 Å². The zero-order chi connectivity index (χ0) is 13.8. The van der Waals surface area contributed by atoms with Crippen LogP contribution < -0.4 is 5.73 Å². The molecule has 4 nitrogen and oxygen atoms in total. The first-order valence-corrected chi connectivity index (χ1v) is 7.16. The third-order valence-electron chi connectivity index (χ3n) is 3.40. The number of thiocarbonyl (C=S) groups is 1. The van der Waals surface area contributed by atoms with Crippen LogP contribution in [0.1, 0.15) is 38.4 Å². The van der Waals surface area contributed by atoms with Crippen molar-refractivity contribution < 1.29 is 9.21 Å². The van der Waals surface area contributed by atoms with Crippen LogP contribution in [0.5, 0.6) is 0 Å². The zero-order valence-corrected chi connectivity index (χ0v) is 12.0. The Morgan fingerprint density at radius 2 is 2.37 bits per heavy atom. The second kappa shape index (κ2) is 6.19. The molecule has 0 aliphatic heterocycles. The summed E-state index contributed by atoms with van der Waals surface area (Å²) in [5.41, 5.74) is 5.72. The number of carbonyl (C=O) groups excluding carboxylic acids is 1. The van der Waals surface area contributed by atoms with E-state index in [0.29, 0.717) is 17.6 Å². The maximum Gasteiger partial charge on any atom is 0.233 e. The van der Waals surface area contributed by atoms with Gasteiger partial charge in [0.2, 0.25) is 5.91 Å². The van der Waals surface area contributed by atoms with Gasteiger partial charge in [-0.1, -0.05) is 25.6 Å². The molecule has 0 aromatic carbocycles.